The molecule has 1 amide bonds. The summed E-state index contributed by atoms with van der Waals surface area (Å²) in [5.41, 5.74) is 1.63. The van der Waals surface area contributed by atoms with Crippen LogP contribution in [0.2, 0.25) is 0 Å². The fraction of sp³-hybridized carbons (Fsp3) is 0.391. The zero-order valence-electron chi connectivity index (χ0n) is 17.5. The van der Waals surface area contributed by atoms with E-state index in [2.05, 4.69) is 4.98 Å². The Kier molecular flexibility index (Phi) is 6.27. The van der Waals surface area contributed by atoms with Gasteiger partial charge in [-0.15, -0.1) is 0 Å². The van der Waals surface area contributed by atoms with Crippen molar-refractivity contribution in [2.24, 2.45) is 0 Å². The number of carbonyl (C=O) groups is 1. The van der Waals surface area contributed by atoms with Crippen molar-refractivity contribution in [3.63, 3.8) is 0 Å². The van der Waals surface area contributed by atoms with Gasteiger partial charge in [-0.25, -0.2) is 13.4 Å². The molecule has 0 aliphatic carbocycles. The van der Waals surface area contributed by atoms with Crippen molar-refractivity contribution in [1.29, 1.82) is 0 Å². The Balaban J connectivity index is 1.25. The number of hydrogen-bond acceptors (Lipinski definition) is 6. The van der Waals surface area contributed by atoms with Crippen molar-refractivity contribution in [2.75, 3.05) is 26.0 Å². The lowest BCUT2D eigenvalue weighted by Crippen LogP contribution is -2.39. The van der Waals surface area contributed by atoms with E-state index in [9.17, 15) is 13.2 Å². The largest absolute Gasteiger partial charge is 0.494 e. The number of likely N-dealkylation sites (tertiary alicyclic amines) is 1. The Labute approximate surface area is 181 Å². The summed E-state index contributed by atoms with van der Waals surface area (Å²) in [5, 5.41) is 0. The molecule has 8 heteroatoms. The van der Waals surface area contributed by atoms with Gasteiger partial charge in [-0.05, 0) is 55.7 Å². The van der Waals surface area contributed by atoms with Crippen LogP contribution < -0.4 is 4.74 Å². The predicted molar refractivity (Wildman–Crippen MR) is 117 cm³/mol. The van der Waals surface area contributed by atoms with Crippen LogP contribution in [0.3, 0.4) is 0 Å². The Morgan fingerprint density at radius 2 is 1.97 bits per heavy atom. The van der Waals surface area contributed by atoms with Gasteiger partial charge in [-0.1, -0.05) is 12.1 Å². The van der Waals surface area contributed by atoms with Crippen molar-refractivity contribution < 1.29 is 22.4 Å². The molecule has 0 spiro atoms. The number of piperidine rings is 1. The van der Waals surface area contributed by atoms with Gasteiger partial charge in [0.1, 0.15) is 11.3 Å². The summed E-state index contributed by atoms with van der Waals surface area (Å²) in [7, 11) is -3.22. The number of nitrogens with zero attached hydrogens (tertiary/aromatic N) is 2. The van der Waals surface area contributed by atoms with E-state index in [-0.39, 0.29) is 16.7 Å². The van der Waals surface area contributed by atoms with Crippen LogP contribution in [0.15, 0.2) is 57.8 Å². The number of rotatable bonds is 7. The number of aromatic nitrogens is 1. The standard InChI is InChI=1S/C23H26N2O5S/c1-31(27,28)19-12-10-18(11-13-19)29-15-5-9-22(26)25-14-4-6-17(16-25)23-24-20-7-2-3-8-21(20)30-23/h2-3,7-8,10-13,17H,4-6,9,14-16H2,1H3. The van der Waals surface area contributed by atoms with Gasteiger partial charge < -0.3 is 14.1 Å². The Morgan fingerprint density at radius 1 is 1.19 bits per heavy atom. The van der Waals surface area contributed by atoms with Crippen LogP contribution in [-0.2, 0) is 14.6 Å². The molecule has 1 fully saturated rings. The molecule has 1 unspecified atom stereocenters. The van der Waals surface area contributed by atoms with E-state index in [0.29, 0.717) is 37.6 Å². The van der Waals surface area contributed by atoms with Gasteiger partial charge in [0.15, 0.2) is 21.3 Å². The zero-order chi connectivity index (χ0) is 21.8. The minimum atomic E-state index is -3.22. The Morgan fingerprint density at radius 3 is 2.71 bits per heavy atom. The summed E-state index contributed by atoms with van der Waals surface area (Å²) >= 11 is 0. The third-order valence-electron chi connectivity index (χ3n) is 5.49. The number of fused-ring (bicyclic) bond motifs is 1. The van der Waals surface area contributed by atoms with E-state index in [4.69, 9.17) is 9.15 Å². The van der Waals surface area contributed by atoms with Gasteiger partial charge in [0.2, 0.25) is 5.91 Å². The van der Waals surface area contributed by atoms with Crippen LogP contribution in [0.4, 0.5) is 0 Å². The van der Waals surface area contributed by atoms with Crippen LogP contribution in [0.5, 0.6) is 5.75 Å². The molecule has 3 aromatic rings. The van der Waals surface area contributed by atoms with Crippen LogP contribution in [0, 0.1) is 0 Å². The van der Waals surface area contributed by atoms with Crippen LogP contribution in [-0.4, -0.2) is 50.2 Å². The van der Waals surface area contributed by atoms with E-state index < -0.39 is 9.84 Å². The number of sulfone groups is 1. The molecule has 31 heavy (non-hydrogen) atoms. The maximum atomic E-state index is 12.7. The molecule has 0 bridgehead atoms. The van der Waals surface area contributed by atoms with Gasteiger partial charge in [-0.2, -0.15) is 0 Å². The van der Waals surface area contributed by atoms with Crippen molar-refractivity contribution in [2.45, 2.75) is 36.5 Å². The second-order valence-electron chi connectivity index (χ2n) is 7.89. The van der Waals surface area contributed by atoms with Gasteiger partial charge >= 0.3 is 0 Å². The Hall–Kier alpha value is -2.87. The second-order valence-corrected chi connectivity index (χ2v) is 9.91. The summed E-state index contributed by atoms with van der Waals surface area (Å²) < 4.78 is 34.5. The molecule has 164 valence electrons. The van der Waals surface area contributed by atoms with Crippen molar-refractivity contribution in [1.82, 2.24) is 9.88 Å². The molecule has 1 saturated heterocycles. The number of carbonyl (C=O) groups excluding carboxylic acids is 1. The number of oxazole rings is 1. The molecule has 1 atom stereocenters. The third-order valence-corrected chi connectivity index (χ3v) is 6.62. The minimum Gasteiger partial charge on any atom is -0.494 e. The quantitative estimate of drug-likeness (QED) is 0.517. The molecule has 0 N–H and O–H groups in total. The number of ether oxygens (including phenoxy) is 1. The van der Waals surface area contributed by atoms with Gasteiger partial charge in [-0.3, -0.25) is 4.79 Å². The molecule has 0 radical (unpaired) electrons. The average molecular weight is 443 g/mol. The minimum absolute atomic E-state index is 0.108. The highest BCUT2D eigenvalue weighted by Crippen LogP contribution is 2.29. The predicted octanol–water partition coefficient (Wildman–Crippen LogP) is 3.80. The highest BCUT2D eigenvalue weighted by atomic mass is 32.2. The summed E-state index contributed by atoms with van der Waals surface area (Å²) in [6.45, 7) is 1.77. The Bertz CT molecular complexity index is 1120. The molecule has 2 aromatic carbocycles. The molecule has 7 nitrogen and oxygen atoms in total. The van der Waals surface area contributed by atoms with E-state index in [1.807, 2.05) is 29.2 Å². The van der Waals surface area contributed by atoms with E-state index in [1.54, 1.807) is 12.1 Å². The molecule has 2 heterocycles. The first-order valence-corrected chi connectivity index (χ1v) is 12.4. The van der Waals surface area contributed by atoms with Crippen LogP contribution >= 0.6 is 0 Å². The molecule has 0 saturated carbocycles. The topological polar surface area (TPSA) is 89.7 Å². The molecular weight excluding hydrogens is 416 g/mol. The van der Waals surface area contributed by atoms with Gasteiger partial charge in [0.05, 0.1) is 17.4 Å². The summed E-state index contributed by atoms with van der Waals surface area (Å²) in [4.78, 5) is 19.4. The molecule has 1 aliphatic rings. The number of benzene rings is 2. The van der Waals surface area contributed by atoms with Crippen molar-refractivity contribution >= 4 is 26.8 Å². The summed E-state index contributed by atoms with van der Waals surface area (Å²) in [6.07, 6.45) is 4.06. The van der Waals surface area contributed by atoms with E-state index >= 15 is 0 Å². The zero-order valence-corrected chi connectivity index (χ0v) is 18.3. The lowest BCUT2D eigenvalue weighted by Gasteiger charge is -2.31. The monoisotopic (exact) mass is 442 g/mol. The first-order valence-electron chi connectivity index (χ1n) is 10.5. The maximum Gasteiger partial charge on any atom is 0.222 e. The molecule has 1 aliphatic heterocycles. The van der Waals surface area contributed by atoms with Crippen LogP contribution in [0.25, 0.3) is 11.1 Å². The molecule has 4 rings (SSSR count). The lowest BCUT2D eigenvalue weighted by molar-refractivity contribution is -0.132. The smallest absolute Gasteiger partial charge is 0.222 e. The maximum absolute atomic E-state index is 12.7. The van der Waals surface area contributed by atoms with E-state index in [0.717, 1.165) is 30.5 Å². The molecule has 1 aromatic heterocycles. The van der Waals surface area contributed by atoms with Gasteiger partial charge in [0, 0.05) is 25.8 Å². The molecular formula is C23H26N2O5S. The third kappa shape index (κ3) is 5.25. The first kappa shape index (κ1) is 21.4. The van der Waals surface area contributed by atoms with Crippen molar-refractivity contribution in [3.8, 4) is 5.75 Å². The van der Waals surface area contributed by atoms with Crippen molar-refractivity contribution in [3.05, 3.63) is 54.4 Å². The van der Waals surface area contributed by atoms with Gasteiger partial charge in [0.25, 0.3) is 0 Å². The average Bonchev–Trinajstić information content (AvgIpc) is 3.21. The number of hydrogen-bond donors (Lipinski definition) is 0. The lowest BCUT2D eigenvalue weighted by atomic mass is 9.97. The highest BCUT2D eigenvalue weighted by Gasteiger charge is 2.27. The number of para-hydroxylation sites is 2. The fourth-order valence-electron chi connectivity index (χ4n) is 3.82. The summed E-state index contributed by atoms with van der Waals surface area (Å²) in [5.74, 6) is 1.53. The number of amides is 1. The first-order chi connectivity index (χ1) is 14.9. The van der Waals surface area contributed by atoms with Crippen LogP contribution in [0.1, 0.15) is 37.5 Å². The summed E-state index contributed by atoms with van der Waals surface area (Å²) in [6, 6.07) is 14.0. The highest BCUT2D eigenvalue weighted by molar-refractivity contribution is 7.90. The fourth-order valence-corrected chi connectivity index (χ4v) is 4.45. The second kappa shape index (κ2) is 9.09. The van der Waals surface area contributed by atoms with E-state index in [1.165, 1.54) is 18.4 Å². The SMILES string of the molecule is CS(=O)(=O)c1ccc(OCCCC(=O)N2CCCC(c3nc4ccccc4o3)C2)cc1. The normalized spacial score (nSPS) is 17.1.